The molecule has 6 heteroatoms. The molecule has 0 saturated carbocycles. The molecule has 0 aliphatic heterocycles. The lowest BCUT2D eigenvalue weighted by Gasteiger charge is -2.07. The molecule has 0 fully saturated rings. The highest BCUT2D eigenvalue weighted by Gasteiger charge is 2.11. The molecule has 0 amide bonds. The minimum absolute atomic E-state index is 0.128. The van der Waals surface area contributed by atoms with E-state index in [-0.39, 0.29) is 10.6 Å². The topological polar surface area (TPSA) is 83.8 Å². The molecular weight excluding hydrogens is 268 g/mol. The van der Waals surface area contributed by atoms with Gasteiger partial charge in [0.25, 0.3) is 5.69 Å². The Kier molecular flexibility index (Phi) is 3.27. The van der Waals surface area contributed by atoms with Crippen LogP contribution in [-0.4, -0.2) is 14.9 Å². The van der Waals surface area contributed by atoms with Crippen LogP contribution < -0.4 is 5.32 Å². The Labute approximate surface area is 121 Å². The SMILES string of the molecule is Cc1nc2ccc(NCc3ccccc3[N+](=O)[O-])cc2[nH]1. The first-order valence-corrected chi connectivity index (χ1v) is 6.56. The number of hydrogen-bond donors (Lipinski definition) is 2. The van der Waals surface area contributed by atoms with Gasteiger partial charge in [-0.25, -0.2) is 4.98 Å². The number of hydrogen-bond acceptors (Lipinski definition) is 4. The minimum atomic E-state index is -0.363. The van der Waals surface area contributed by atoms with Gasteiger partial charge >= 0.3 is 0 Å². The largest absolute Gasteiger partial charge is 0.381 e. The molecule has 2 N–H and O–H groups in total. The zero-order valence-corrected chi connectivity index (χ0v) is 11.5. The van der Waals surface area contributed by atoms with E-state index in [4.69, 9.17) is 0 Å². The molecule has 0 aliphatic rings. The van der Waals surface area contributed by atoms with Gasteiger partial charge in [0.2, 0.25) is 0 Å². The van der Waals surface area contributed by atoms with Gasteiger partial charge < -0.3 is 10.3 Å². The number of imidazole rings is 1. The molecule has 2 aromatic carbocycles. The third-order valence-corrected chi connectivity index (χ3v) is 3.27. The van der Waals surface area contributed by atoms with Gasteiger partial charge in [-0.15, -0.1) is 0 Å². The summed E-state index contributed by atoms with van der Waals surface area (Å²) in [5.74, 6) is 0.862. The van der Waals surface area contributed by atoms with Crippen LogP contribution in [0.1, 0.15) is 11.4 Å². The molecule has 0 bridgehead atoms. The molecule has 3 aromatic rings. The number of fused-ring (bicyclic) bond motifs is 1. The van der Waals surface area contributed by atoms with Crippen molar-refractivity contribution in [1.29, 1.82) is 0 Å². The number of aromatic nitrogens is 2. The van der Waals surface area contributed by atoms with E-state index in [0.717, 1.165) is 22.5 Å². The van der Waals surface area contributed by atoms with Gasteiger partial charge in [-0.1, -0.05) is 18.2 Å². The van der Waals surface area contributed by atoms with Gasteiger partial charge in [0.1, 0.15) is 5.82 Å². The molecule has 1 heterocycles. The van der Waals surface area contributed by atoms with Gasteiger partial charge in [-0.2, -0.15) is 0 Å². The van der Waals surface area contributed by atoms with E-state index in [9.17, 15) is 10.1 Å². The summed E-state index contributed by atoms with van der Waals surface area (Å²) >= 11 is 0. The molecule has 0 unspecified atom stereocenters. The van der Waals surface area contributed by atoms with Crippen molar-refractivity contribution in [1.82, 2.24) is 9.97 Å². The zero-order valence-electron chi connectivity index (χ0n) is 11.5. The van der Waals surface area contributed by atoms with Crippen LogP contribution in [0.25, 0.3) is 11.0 Å². The first kappa shape index (κ1) is 13.1. The number of nitrogens with zero attached hydrogens (tertiary/aromatic N) is 2. The standard InChI is InChI=1S/C15H14N4O2/c1-10-17-13-7-6-12(8-14(13)18-10)16-9-11-4-2-3-5-15(11)19(20)21/h2-8,16H,9H2,1H3,(H,17,18). The quantitative estimate of drug-likeness (QED) is 0.567. The summed E-state index contributed by atoms with van der Waals surface area (Å²) in [6, 6.07) is 12.5. The van der Waals surface area contributed by atoms with E-state index < -0.39 is 0 Å². The number of aromatic amines is 1. The number of rotatable bonds is 4. The highest BCUT2D eigenvalue weighted by atomic mass is 16.6. The number of nitro benzene ring substituents is 1. The highest BCUT2D eigenvalue weighted by molar-refractivity contribution is 5.79. The van der Waals surface area contributed by atoms with Gasteiger partial charge in [-0.05, 0) is 25.1 Å². The van der Waals surface area contributed by atoms with E-state index in [1.54, 1.807) is 18.2 Å². The van der Waals surface area contributed by atoms with Crippen LogP contribution in [0.15, 0.2) is 42.5 Å². The Morgan fingerprint density at radius 1 is 1.29 bits per heavy atom. The van der Waals surface area contributed by atoms with Crippen molar-refractivity contribution in [3.63, 3.8) is 0 Å². The third kappa shape index (κ3) is 2.69. The average Bonchev–Trinajstić information content (AvgIpc) is 2.84. The molecule has 3 rings (SSSR count). The Bertz CT molecular complexity index is 810. The minimum Gasteiger partial charge on any atom is -0.381 e. The fraction of sp³-hybridized carbons (Fsp3) is 0.133. The number of benzene rings is 2. The molecular formula is C15H14N4O2. The fourth-order valence-corrected chi connectivity index (χ4v) is 2.28. The van der Waals surface area contributed by atoms with Gasteiger partial charge in [0.15, 0.2) is 0 Å². The van der Waals surface area contributed by atoms with Crippen molar-refractivity contribution in [3.8, 4) is 0 Å². The fourth-order valence-electron chi connectivity index (χ4n) is 2.28. The van der Waals surface area contributed by atoms with Crippen LogP contribution in [0.2, 0.25) is 0 Å². The Morgan fingerprint density at radius 3 is 2.90 bits per heavy atom. The smallest absolute Gasteiger partial charge is 0.274 e. The molecule has 0 atom stereocenters. The molecule has 0 saturated heterocycles. The lowest BCUT2D eigenvalue weighted by molar-refractivity contribution is -0.385. The van der Waals surface area contributed by atoms with Crippen molar-refractivity contribution in [2.24, 2.45) is 0 Å². The molecule has 21 heavy (non-hydrogen) atoms. The first-order valence-electron chi connectivity index (χ1n) is 6.56. The van der Waals surface area contributed by atoms with Gasteiger partial charge in [0, 0.05) is 23.9 Å². The lowest BCUT2D eigenvalue weighted by atomic mass is 10.1. The van der Waals surface area contributed by atoms with Crippen molar-refractivity contribution < 1.29 is 4.92 Å². The zero-order chi connectivity index (χ0) is 14.8. The van der Waals surface area contributed by atoms with E-state index in [0.29, 0.717) is 12.1 Å². The summed E-state index contributed by atoms with van der Waals surface area (Å²) in [5.41, 5.74) is 3.53. The van der Waals surface area contributed by atoms with Crippen LogP contribution >= 0.6 is 0 Å². The summed E-state index contributed by atoms with van der Waals surface area (Å²) in [7, 11) is 0. The predicted molar refractivity (Wildman–Crippen MR) is 81.3 cm³/mol. The Morgan fingerprint density at radius 2 is 2.10 bits per heavy atom. The number of nitro groups is 1. The maximum Gasteiger partial charge on any atom is 0.274 e. The number of H-pyrrole nitrogens is 1. The van der Waals surface area contributed by atoms with E-state index in [1.807, 2.05) is 25.1 Å². The number of para-hydroxylation sites is 1. The molecule has 1 aromatic heterocycles. The number of aryl methyl sites for hydroxylation is 1. The van der Waals surface area contributed by atoms with Gasteiger partial charge in [0.05, 0.1) is 16.0 Å². The Balaban J connectivity index is 1.81. The second kappa shape index (κ2) is 5.24. The van der Waals surface area contributed by atoms with Crippen molar-refractivity contribution in [3.05, 3.63) is 64.0 Å². The van der Waals surface area contributed by atoms with E-state index >= 15 is 0 Å². The summed E-state index contributed by atoms with van der Waals surface area (Å²) < 4.78 is 0. The van der Waals surface area contributed by atoms with Crippen LogP contribution in [0.5, 0.6) is 0 Å². The summed E-state index contributed by atoms with van der Waals surface area (Å²) in [4.78, 5) is 18.1. The summed E-state index contributed by atoms with van der Waals surface area (Å²) in [6.07, 6.45) is 0. The second-order valence-electron chi connectivity index (χ2n) is 4.79. The van der Waals surface area contributed by atoms with E-state index in [2.05, 4.69) is 15.3 Å². The lowest BCUT2D eigenvalue weighted by Crippen LogP contribution is -2.02. The highest BCUT2D eigenvalue weighted by Crippen LogP contribution is 2.21. The van der Waals surface area contributed by atoms with E-state index in [1.165, 1.54) is 6.07 Å². The van der Waals surface area contributed by atoms with Crippen LogP contribution in [-0.2, 0) is 6.54 Å². The first-order chi connectivity index (χ1) is 10.1. The average molecular weight is 282 g/mol. The number of nitrogens with one attached hydrogen (secondary N) is 2. The second-order valence-corrected chi connectivity index (χ2v) is 4.79. The van der Waals surface area contributed by atoms with Crippen LogP contribution in [0.3, 0.4) is 0 Å². The van der Waals surface area contributed by atoms with Crippen molar-refractivity contribution in [2.75, 3.05) is 5.32 Å². The predicted octanol–water partition coefficient (Wildman–Crippen LogP) is 3.39. The monoisotopic (exact) mass is 282 g/mol. The Hall–Kier alpha value is -2.89. The number of anilines is 1. The normalized spacial score (nSPS) is 10.7. The maximum atomic E-state index is 11.0. The summed E-state index contributed by atoms with van der Waals surface area (Å²) in [5, 5.41) is 14.2. The third-order valence-electron chi connectivity index (χ3n) is 3.27. The molecule has 106 valence electrons. The van der Waals surface area contributed by atoms with Gasteiger partial charge in [-0.3, -0.25) is 10.1 Å². The van der Waals surface area contributed by atoms with Crippen LogP contribution in [0, 0.1) is 17.0 Å². The molecule has 0 aliphatic carbocycles. The molecule has 0 spiro atoms. The maximum absolute atomic E-state index is 11.0. The van der Waals surface area contributed by atoms with Crippen molar-refractivity contribution in [2.45, 2.75) is 13.5 Å². The summed E-state index contributed by atoms with van der Waals surface area (Å²) in [6.45, 7) is 2.30. The molecule has 6 nitrogen and oxygen atoms in total. The van der Waals surface area contributed by atoms with Crippen LogP contribution in [0.4, 0.5) is 11.4 Å². The molecule has 0 radical (unpaired) electrons. The van der Waals surface area contributed by atoms with Crippen molar-refractivity contribution >= 4 is 22.4 Å².